The summed E-state index contributed by atoms with van der Waals surface area (Å²) in [5, 5.41) is 0.685. The van der Waals surface area contributed by atoms with Crippen LogP contribution in [-0.4, -0.2) is 19.3 Å². The smallest absolute Gasteiger partial charge is 0.383 e. The molecule has 0 bridgehead atoms. The minimum Gasteiger partial charge on any atom is -0.491 e. The maximum atomic E-state index is 12.8. The summed E-state index contributed by atoms with van der Waals surface area (Å²) in [7, 11) is 0. The first-order chi connectivity index (χ1) is 15.8. The van der Waals surface area contributed by atoms with E-state index in [-0.39, 0.29) is 18.5 Å². The van der Waals surface area contributed by atoms with Crippen LogP contribution < -0.4 is 19.8 Å². The molecular formula is C28H38O5. The molecule has 0 spiro atoms. The zero-order chi connectivity index (χ0) is 24.2. The molecule has 0 N–H and O–H groups in total. The van der Waals surface area contributed by atoms with E-state index in [4.69, 9.17) is 18.6 Å². The zero-order valence-electron chi connectivity index (χ0n) is 20.9. The van der Waals surface area contributed by atoms with Gasteiger partial charge in [-0.05, 0) is 78.5 Å². The van der Waals surface area contributed by atoms with Crippen molar-refractivity contribution in [1.82, 2.24) is 0 Å². The van der Waals surface area contributed by atoms with Gasteiger partial charge >= 0.3 is 5.63 Å². The van der Waals surface area contributed by atoms with E-state index in [2.05, 4.69) is 45.9 Å². The van der Waals surface area contributed by atoms with Gasteiger partial charge in [-0.1, -0.05) is 36.3 Å². The molecule has 0 atom stereocenters. The number of benzene rings is 1. The summed E-state index contributed by atoms with van der Waals surface area (Å²) in [6.45, 7) is 13.0. The molecular weight excluding hydrogens is 416 g/mol. The van der Waals surface area contributed by atoms with Crippen molar-refractivity contribution in [1.29, 1.82) is 0 Å². The molecule has 33 heavy (non-hydrogen) atoms. The molecule has 0 saturated carbocycles. The van der Waals surface area contributed by atoms with Crippen molar-refractivity contribution in [2.75, 3.05) is 13.2 Å². The lowest BCUT2D eigenvalue weighted by Gasteiger charge is -2.14. The molecule has 0 aliphatic rings. The van der Waals surface area contributed by atoms with Crippen molar-refractivity contribution in [3.05, 3.63) is 64.1 Å². The van der Waals surface area contributed by atoms with Crippen LogP contribution in [-0.2, 0) is 0 Å². The Hall–Kier alpha value is -2.95. The highest BCUT2D eigenvalue weighted by Crippen LogP contribution is 2.35. The molecule has 0 aliphatic heterocycles. The molecule has 0 saturated heterocycles. The van der Waals surface area contributed by atoms with Gasteiger partial charge in [0, 0.05) is 6.07 Å². The predicted molar refractivity (Wildman–Crippen MR) is 136 cm³/mol. The van der Waals surface area contributed by atoms with Gasteiger partial charge in [-0.15, -0.1) is 0 Å². The summed E-state index contributed by atoms with van der Waals surface area (Å²) in [6, 6.07) is 5.42. The van der Waals surface area contributed by atoms with Gasteiger partial charge in [-0.2, -0.15) is 0 Å². The van der Waals surface area contributed by atoms with E-state index in [1.165, 1.54) is 11.1 Å². The largest absolute Gasteiger partial charge is 0.491 e. The van der Waals surface area contributed by atoms with Crippen LogP contribution in [0.2, 0.25) is 0 Å². The summed E-state index contributed by atoms with van der Waals surface area (Å²) >= 11 is 0. The van der Waals surface area contributed by atoms with Crippen LogP contribution in [0.25, 0.3) is 11.0 Å². The van der Waals surface area contributed by atoms with Gasteiger partial charge in [0.2, 0.25) is 5.75 Å². The van der Waals surface area contributed by atoms with Gasteiger partial charge in [0.05, 0.1) is 18.1 Å². The molecule has 0 fully saturated rings. The average molecular weight is 455 g/mol. The summed E-state index contributed by atoms with van der Waals surface area (Å²) in [6.07, 6.45) is 12.1. The van der Waals surface area contributed by atoms with Crippen LogP contribution >= 0.6 is 0 Å². The first-order valence-electron chi connectivity index (χ1n) is 11.8. The van der Waals surface area contributed by atoms with Crippen molar-refractivity contribution in [2.24, 2.45) is 0 Å². The van der Waals surface area contributed by atoms with Crippen LogP contribution in [0.1, 0.15) is 67.2 Å². The van der Waals surface area contributed by atoms with Crippen molar-refractivity contribution in [3.63, 3.8) is 0 Å². The van der Waals surface area contributed by atoms with Crippen LogP contribution in [0.4, 0.5) is 0 Å². The average Bonchev–Trinajstić information content (AvgIpc) is 2.74. The van der Waals surface area contributed by atoms with Crippen LogP contribution in [0.3, 0.4) is 0 Å². The van der Waals surface area contributed by atoms with Crippen LogP contribution in [0.5, 0.6) is 17.2 Å². The van der Waals surface area contributed by atoms with E-state index in [9.17, 15) is 4.79 Å². The molecule has 180 valence electrons. The maximum absolute atomic E-state index is 12.8. The molecule has 1 aromatic heterocycles. The third-order valence-corrected chi connectivity index (χ3v) is 4.85. The minimum atomic E-state index is -0.557. The van der Waals surface area contributed by atoms with Gasteiger partial charge in [0.15, 0.2) is 5.75 Å². The quantitative estimate of drug-likeness (QED) is 0.179. The monoisotopic (exact) mass is 454 g/mol. The summed E-state index contributed by atoms with van der Waals surface area (Å²) in [5.74, 6) is 1.16. The summed E-state index contributed by atoms with van der Waals surface area (Å²) in [4.78, 5) is 12.8. The highest BCUT2D eigenvalue weighted by molar-refractivity contribution is 5.86. The third kappa shape index (κ3) is 8.83. The van der Waals surface area contributed by atoms with Crippen molar-refractivity contribution in [3.8, 4) is 17.2 Å². The number of hydrogen-bond donors (Lipinski definition) is 0. The molecule has 0 unspecified atom stereocenters. The summed E-state index contributed by atoms with van der Waals surface area (Å²) in [5.41, 5.74) is 2.38. The Morgan fingerprint density at radius 2 is 1.82 bits per heavy atom. The van der Waals surface area contributed by atoms with Crippen LogP contribution in [0, 0.1) is 0 Å². The van der Waals surface area contributed by atoms with E-state index in [0.717, 1.165) is 25.7 Å². The van der Waals surface area contributed by atoms with Gasteiger partial charge in [0.25, 0.3) is 0 Å². The molecule has 5 heteroatoms. The van der Waals surface area contributed by atoms with E-state index < -0.39 is 5.63 Å². The molecule has 2 aromatic rings. The Kier molecular flexibility index (Phi) is 10.8. The number of fused-ring (bicyclic) bond motifs is 1. The minimum absolute atomic E-state index is 0.0182. The first-order valence-corrected chi connectivity index (χ1v) is 11.8. The third-order valence-electron chi connectivity index (χ3n) is 4.85. The highest BCUT2D eigenvalue weighted by atomic mass is 16.5. The number of ether oxygens (including phenoxy) is 3. The lowest BCUT2D eigenvalue weighted by molar-refractivity contribution is 0.242. The molecule has 2 rings (SSSR count). The molecule has 0 radical (unpaired) electrons. The number of hydrogen-bond acceptors (Lipinski definition) is 5. The van der Waals surface area contributed by atoms with E-state index in [0.29, 0.717) is 29.1 Å². The molecule has 0 amide bonds. The van der Waals surface area contributed by atoms with Crippen molar-refractivity contribution >= 4 is 11.0 Å². The zero-order valence-corrected chi connectivity index (χ0v) is 20.9. The second kappa shape index (κ2) is 13.6. The maximum Gasteiger partial charge on any atom is 0.383 e. The lowest BCUT2D eigenvalue weighted by atomic mass is 10.1. The van der Waals surface area contributed by atoms with Gasteiger partial charge in [-0.25, -0.2) is 4.79 Å². The topological polar surface area (TPSA) is 57.9 Å². The SMILES string of the molecule is CCC=CCCOc1c(OCC=C(C)CCC=C(C)C)c(=O)oc2cc(OC(C)C)ccc12. The Morgan fingerprint density at radius 1 is 1.03 bits per heavy atom. The fourth-order valence-electron chi connectivity index (χ4n) is 3.22. The van der Waals surface area contributed by atoms with E-state index in [1.54, 1.807) is 6.07 Å². The Bertz CT molecular complexity index is 1040. The number of rotatable bonds is 13. The molecule has 0 aliphatic carbocycles. The standard InChI is InChI=1S/C28H38O5/c1-7-8-9-10-17-30-26-24-15-14-23(32-21(4)5)19-25(24)33-28(29)27(26)31-18-16-22(6)13-11-12-20(2)3/h8-9,12,14-16,19,21H,7,10-11,13,17-18H2,1-6H3. The Balaban J connectivity index is 2.28. The fourth-order valence-corrected chi connectivity index (χ4v) is 3.22. The lowest BCUT2D eigenvalue weighted by Crippen LogP contribution is -2.11. The summed E-state index contributed by atoms with van der Waals surface area (Å²) < 4.78 is 23.2. The second-order valence-electron chi connectivity index (χ2n) is 8.57. The van der Waals surface area contributed by atoms with Crippen molar-refractivity contribution < 1.29 is 18.6 Å². The first kappa shape index (κ1) is 26.3. The van der Waals surface area contributed by atoms with Gasteiger partial charge in [0.1, 0.15) is 17.9 Å². The highest BCUT2D eigenvalue weighted by Gasteiger charge is 2.18. The Morgan fingerprint density at radius 3 is 2.52 bits per heavy atom. The Labute approximate surface area is 197 Å². The van der Waals surface area contributed by atoms with Crippen molar-refractivity contribution in [2.45, 2.75) is 73.3 Å². The van der Waals surface area contributed by atoms with E-state index >= 15 is 0 Å². The van der Waals surface area contributed by atoms with Crippen LogP contribution in [0.15, 0.2) is 62.9 Å². The predicted octanol–water partition coefficient (Wildman–Crippen LogP) is 7.39. The molecule has 1 heterocycles. The van der Waals surface area contributed by atoms with Gasteiger partial charge in [-0.3, -0.25) is 0 Å². The molecule has 1 aromatic carbocycles. The normalized spacial score (nSPS) is 11.9. The number of allylic oxidation sites excluding steroid dienone is 4. The van der Waals surface area contributed by atoms with Gasteiger partial charge < -0.3 is 18.6 Å². The fraction of sp³-hybridized carbons (Fsp3) is 0.464. The van der Waals surface area contributed by atoms with E-state index in [1.807, 2.05) is 32.1 Å². The second-order valence-corrected chi connectivity index (χ2v) is 8.57. The molecule has 5 nitrogen and oxygen atoms in total.